The van der Waals surface area contributed by atoms with Crippen molar-refractivity contribution in [1.82, 2.24) is 5.32 Å². The lowest BCUT2D eigenvalue weighted by Crippen LogP contribution is -2.28. The highest BCUT2D eigenvalue weighted by molar-refractivity contribution is 5.87. The molecular weight excluding hydrogens is 318 g/mol. The number of phenolic OH excluding ortho intramolecular Hbond substituents is 1. The van der Waals surface area contributed by atoms with Crippen LogP contribution < -0.4 is 10.1 Å². The summed E-state index contributed by atoms with van der Waals surface area (Å²) in [5.74, 6) is 0.990. The van der Waals surface area contributed by atoms with Gasteiger partial charge in [0.2, 0.25) is 5.91 Å². The smallest absolute Gasteiger partial charge is 0.228 e. The number of furan rings is 1. The summed E-state index contributed by atoms with van der Waals surface area (Å²) in [7, 11) is 1.59. The van der Waals surface area contributed by atoms with E-state index in [1.165, 1.54) is 0 Å². The molecule has 1 aliphatic rings. The number of amides is 1. The first kappa shape index (κ1) is 15.6. The Morgan fingerprint density at radius 2 is 2.12 bits per heavy atom. The number of para-hydroxylation sites is 1. The number of aryl methyl sites for hydroxylation is 1. The third-order valence-electron chi connectivity index (χ3n) is 4.79. The van der Waals surface area contributed by atoms with Crippen LogP contribution in [0.4, 0.5) is 0 Å². The number of rotatable bonds is 4. The molecule has 3 aromatic rings. The Hall–Kier alpha value is -2.95. The standard InChI is InChI=1S/C20H19NO4/c1-24-19-13-6-2-3-8-16(13)25-17(19)11-21-20(23)14-10-9-12-5-4-7-15(22)18(12)14/h2-8,14,22H,9-11H2,1H3,(H,21,23). The number of ether oxygens (including phenoxy) is 1. The van der Waals surface area contributed by atoms with Crippen molar-refractivity contribution in [2.45, 2.75) is 25.3 Å². The summed E-state index contributed by atoms with van der Waals surface area (Å²) in [6, 6.07) is 13.0. The molecule has 1 unspecified atom stereocenters. The SMILES string of the molecule is COc1c(CNC(=O)C2CCc3cccc(O)c32)oc2ccccc12. The van der Waals surface area contributed by atoms with E-state index in [1.54, 1.807) is 13.2 Å². The van der Waals surface area contributed by atoms with Crippen molar-refractivity contribution in [3.05, 3.63) is 59.4 Å². The lowest BCUT2D eigenvalue weighted by atomic mass is 9.99. The van der Waals surface area contributed by atoms with Crippen LogP contribution in [0.1, 0.15) is 29.2 Å². The normalized spacial score (nSPS) is 16.0. The molecule has 2 N–H and O–H groups in total. The Labute approximate surface area is 145 Å². The number of aromatic hydroxyl groups is 1. The number of benzene rings is 2. The lowest BCUT2D eigenvalue weighted by Gasteiger charge is -2.13. The van der Waals surface area contributed by atoms with Gasteiger partial charge in [-0.1, -0.05) is 24.3 Å². The molecule has 2 aromatic carbocycles. The summed E-state index contributed by atoms with van der Waals surface area (Å²) in [5, 5.41) is 13.9. The second kappa shape index (κ2) is 6.16. The molecule has 0 aliphatic heterocycles. The lowest BCUT2D eigenvalue weighted by molar-refractivity contribution is -0.122. The Morgan fingerprint density at radius 1 is 1.28 bits per heavy atom. The van der Waals surface area contributed by atoms with Gasteiger partial charge in [-0.05, 0) is 36.6 Å². The second-order valence-electron chi connectivity index (χ2n) is 6.21. The van der Waals surface area contributed by atoms with E-state index in [1.807, 2.05) is 36.4 Å². The monoisotopic (exact) mass is 337 g/mol. The number of hydrogen-bond acceptors (Lipinski definition) is 4. The van der Waals surface area contributed by atoms with Gasteiger partial charge >= 0.3 is 0 Å². The first-order valence-corrected chi connectivity index (χ1v) is 8.32. The predicted molar refractivity (Wildman–Crippen MR) is 93.8 cm³/mol. The Bertz CT molecular complexity index is 944. The van der Waals surface area contributed by atoms with E-state index in [2.05, 4.69) is 5.32 Å². The average molecular weight is 337 g/mol. The van der Waals surface area contributed by atoms with Crippen LogP contribution in [-0.4, -0.2) is 18.1 Å². The van der Waals surface area contributed by atoms with Gasteiger partial charge < -0.3 is 19.6 Å². The van der Waals surface area contributed by atoms with Crippen molar-refractivity contribution in [3.63, 3.8) is 0 Å². The molecule has 1 atom stereocenters. The van der Waals surface area contributed by atoms with Crippen molar-refractivity contribution in [3.8, 4) is 11.5 Å². The van der Waals surface area contributed by atoms with Crippen LogP contribution >= 0.6 is 0 Å². The summed E-state index contributed by atoms with van der Waals surface area (Å²) in [6.45, 7) is 0.246. The predicted octanol–water partition coefficient (Wildman–Crippen LogP) is 3.49. The van der Waals surface area contributed by atoms with E-state index >= 15 is 0 Å². The van der Waals surface area contributed by atoms with E-state index in [-0.39, 0.29) is 24.1 Å². The minimum Gasteiger partial charge on any atom is -0.508 e. The summed E-state index contributed by atoms with van der Waals surface area (Å²) in [6.07, 6.45) is 1.51. The fourth-order valence-electron chi connectivity index (χ4n) is 3.63. The van der Waals surface area contributed by atoms with Gasteiger partial charge in [0.1, 0.15) is 11.3 Å². The topological polar surface area (TPSA) is 71.7 Å². The quantitative estimate of drug-likeness (QED) is 0.764. The van der Waals surface area contributed by atoms with Gasteiger partial charge in [-0.15, -0.1) is 0 Å². The molecule has 1 heterocycles. The first-order chi connectivity index (χ1) is 12.2. The molecule has 5 heteroatoms. The molecule has 128 valence electrons. The van der Waals surface area contributed by atoms with Gasteiger partial charge in [0.05, 0.1) is 25.0 Å². The fraction of sp³-hybridized carbons (Fsp3) is 0.250. The maximum Gasteiger partial charge on any atom is 0.228 e. The highest BCUT2D eigenvalue weighted by Crippen LogP contribution is 2.39. The van der Waals surface area contributed by atoms with Crippen molar-refractivity contribution in [2.24, 2.45) is 0 Å². The van der Waals surface area contributed by atoms with E-state index < -0.39 is 0 Å². The fourth-order valence-corrected chi connectivity index (χ4v) is 3.63. The summed E-state index contributed by atoms with van der Waals surface area (Å²) in [5.41, 5.74) is 2.52. The van der Waals surface area contributed by atoms with Gasteiger partial charge in [-0.25, -0.2) is 0 Å². The Balaban J connectivity index is 1.54. The van der Waals surface area contributed by atoms with Crippen LogP contribution in [0.5, 0.6) is 11.5 Å². The molecule has 0 radical (unpaired) electrons. The van der Waals surface area contributed by atoms with Gasteiger partial charge in [0, 0.05) is 5.56 Å². The van der Waals surface area contributed by atoms with E-state index in [4.69, 9.17) is 9.15 Å². The molecule has 4 rings (SSSR count). The van der Waals surface area contributed by atoms with Crippen LogP contribution in [-0.2, 0) is 17.8 Å². The van der Waals surface area contributed by atoms with Crippen LogP contribution in [0.15, 0.2) is 46.9 Å². The number of phenols is 1. The molecule has 5 nitrogen and oxygen atoms in total. The van der Waals surface area contributed by atoms with Crippen LogP contribution in [0.25, 0.3) is 11.0 Å². The Kier molecular flexibility index (Phi) is 3.84. The van der Waals surface area contributed by atoms with Gasteiger partial charge in [0.25, 0.3) is 0 Å². The third kappa shape index (κ3) is 2.61. The molecular formula is C20H19NO4. The van der Waals surface area contributed by atoms with E-state index in [0.29, 0.717) is 17.9 Å². The zero-order valence-corrected chi connectivity index (χ0v) is 13.9. The number of carbonyl (C=O) groups is 1. The molecule has 0 saturated carbocycles. The number of fused-ring (bicyclic) bond motifs is 2. The minimum absolute atomic E-state index is 0.109. The van der Waals surface area contributed by atoms with E-state index in [0.717, 1.165) is 28.5 Å². The average Bonchev–Trinajstić information content (AvgIpc) is 3.21. The largest absolute Gasteiger partial charge is 0.508 e. The number of carbonyl (C=O) groups excluding carboxylic acids is 1. The van der Waals surface area contributed by atoms with Crippen molar-refractivity contribution in [1.29, 1.82) is 0 Å². The van der Waals surface area contributed by atoms with Crippen molar-refractivity contribution >= 4 is 16.9 Å². The highest BCUT2D eigenvalue weighted by Gasteiger charge is 2.31. The first-order valence-electron chi connectivity index (χ1n) is 8.32. The summed E-state index contributed by atoms with van der Waals surface area (Å²) < 4.78 is 11.3. The van der Waals surface area contributed by atoms with Crippen LogP contribution in [0, 0.1) is 0 Å². The van der Waals surface area contributed by atoms with Crippen molar-refractivity contribution in [2.75, 3.05) is 7.11 Å². The Morgan fingerprint density at radius 3 is 2.96 bits per heavy atom. The minimum atomic E-state index is -0.327. The number of methoxy groups -OCH3 is 1. The summed E-state index contributed by atoms with van der Waals surface area (Å²) in [4.78, 5) is 12.6. The zero-order chi connectivity index (χ0) is 17.4. The van der Waals surface area contributed by atoms with Gasteiger partial charge in [-0.2, -0.15) is 0 Å². The molecule has 0 bridgehead atoms. The maximum absolute atomic E-state index is 12.6. The number of hydrogen-bond donors (Lipinski definition) is 2. The molecule has 0 spiro atoms. The molecule has 1 aromatic heterocycles. The van der Waals surface area contributed by atoms with E-state index in [9.17, 15) is 9.90 Å². The van der Waals surface area contributed by atoms with Crippen molar-refractivity contribution < 1.29 is 19.1 Å². The third-order valence-corrected chi connectivity index (χ3v) is 4.79. The second-order valence-corrected chi connectivity index (χ2v) is 6.21. The van der Waals surface area contributed by atoms with Crippen LogP contribution in [0.3, 0.4) is 0 Å². The molecule has 1 amide bonds. The molecule has 0 fully saturated rings. The zero-order valence-electron chi connectivity index (χ0n) is 13.9. The van der Waals surface area contributed by atoms with Crippen LogP contribution in [0.2, 0.25) is 0 Å². The van der Waals surface area contributed by atoms with Gasteiger partial charge in [-0.3, -0.25) is 4.79 Å². The summed E-state index contributed by atoms with van der Waals surface area (Å²) >= 11 is 0. The maximum atomic E-state index is 12.6. The highest BCUT2D eigenvalue weighted by atomic mass is 16.5. The molecule has 25 heavy (non-hydrogen) atoms. The molecule has 1 aliphatic carbocycles. The van der Waals surface area contributed by atoms with Gasteiger partial charge in [0.15, 0.2) is 11.5 Å². The molecule has 0 saturated heterocycles. The number of nitrogens with one attached hydrogen (secondary N) is 1.